The van der Waals surface area contributed by atoms with Crippen LogP contribution in [0.3, 0.4) is 0 Å². The molecular weight excluding hydrogens is 297 g/mol. The van der Waals surface area contributed by atoms with Gasteiger partial charge in [-0.25, -0.2) is 12.8 Å². The Morgan fingerprint density at radius 2 is 2.05 bits per heavy atom. The van der Waals surface area contributed by atoms with E-state index in [1.54, 1.807) is 6.07 Å². The first kappa shape index (κ1) is 15.0. The standard InChI is InChI=1S/C13H14FN3O3S/c1-21(19,20)17-13-6-9(3-5-12(13)14)15-7-10-2-4-11(18)8-16-10/h2-6,8,15,17-18H,7H2,1H3. The van der Waals surface area contributed by atoms with E-state index in [1.165, 1.54) is 30.5 Å². The summed E-state index contributed by atoms with van der Waals surface area (Å²) in [6.45, 7) is 0.351. The summed E-state index contributed by atoms with van der Waals surface area (Å²) in [4.78, 5) is 3.99. The predicted octanol–water partition coefficient (Wildman–Crippen LogP) is 1.91. The second-order valence-electron chi connectivity index (χ2n) is 4.43. The van der Waals surface area contributed by atoms with Crippen LogP contribution in [0.2, 0.25) is 0 Å². The van der Waals surface area contributed by atoms with E-state index in [0.717, 1.165) is 6.26 Å². The fourth-order valence-electron chi connectivity index (χ4n) is 1.63. The van der Waals surface area contributed by atoms with Crippen molar-refractivity contribution >= 4 is 21.4 Å². The molecule has 0 fully saturated rings. The number of rotatable bonds is 5. The maximum Gasteiger partial charge on any atom is 0.229 e. The van der Waals surface area contributed by atoms with Gasteiger partial charge in [0.15, 0.2) is 0 Å². The van der Waals surface area contributed by atoms with E-state index in [0.29, 0.717) is 17.9 Å². The van der Waals surface area contributed by atoms with Gasteiger partial charge in [-0.05, 0) is 30.3 Å². The number of aromatic hydroxyl groups is 1. The van der Waals surface area contributed by atoms with Crippen LogP contribution in [0, 0.1) is 5.82 Å². The lowest BCUT2D eigenvalue weighted by molar-refractivity contribution is 0.472. The molecule has 112 valence electrons. The van der Waals surface area contributed by atoms with Gasteiger partial charge in [0.25, 0.3) is 0 Å². The van der Waals surface area contributed by atoms with Crippen LogP contribution >= 0.6 is 0 Å². The largest absolute Gasteiger partial charge is 0.506 e. The van der Waals surface area contributed by atoms with Crippen molar-refractivity contribution in [3.8, 4) is 5.75 Å². The summed E-state index contributed by atoms with van der Waals surface area (Å²) in [6, 6.07) is 7.16. The van der Waals surface area contributed by atoms with Gasteiger partial charge in [-0.2, -0.15) is 0 Å². The number of aromatic nitrogens is 1. The highest BCUT2D eigenvalue weighted by Crippen LogP contribution is 2.21. The molecule has 0 radical (unpaired) electrons. The van der Waals surface area contributed by atoms with E-state index in [9.17, 15) is 12.8 Å². The van der Waals surface area contributed by atoms with Crippen molar-refractivity contribution in [1.29, 1.82) is 0 Å². The first-order chi connectivity index (χ1) is 9.83. The zero-order chi connectivity index (χ0) is 15.5. The van der Waals surface area contributed by atoms with Gasteiger partial charge in [0, 0.05) is 5.69 Å². The molecule has 1 aromatic heterocycles. The monoisotopic (exact) mass is 311 g/mol. The van der Waals surface area contributed by atoms with Gasteiger partial charge in [-0.1, -0.05) is 0 Å². The summed E-state index contributed by atoms with van der Waals surface area (Å²) in [5.41, 5.74) is 1.09. The molecule has 0 saturated heterocycles. The predicted molar refractivity (Wildman–Crippen MR) is 78.1 cm³/mol. The zero-order valence-electron chi connectivity index (χ0n) is 11.2. The molecular formula is C13H14FN3O3S. The fourth-order valence-corrected chi connectivity index (χ4v) is 2.18. The van der Waals surface area contributed by atoms with E-state index in [1.807, 2.05) is 0 Å². The van der Waals surface area contributed by atoms with Crippen LogP contribution in [-0.4, -0.2) is 24.8 Å². The lowest BCUT2D eigenvalue weighted by Gasteiger charge is -2.10. The van der Waals surface area contributed by atoms with E-state index < -0.39 is 15.8 Å². The van der Waals surface area contributed by atoms with Crippen molar-refractivity contribution in [2.45, 2.75) is 6.54 Å². The molecule has 0 aliphatic carbocycles. The van der Waals surface area contributed by atoms with Crippen LogP contribution < -0.4 is 10.0 Å². The summed E-state index contributed by atoms with van der Waals surface area (Å²) in [5.74, 6) is -0.589. The number of pyridine rings is 1. The van der Waals surface area contributed by atoms with E-state index in [-0.39, 0.29) is 11.4 Å². The zero-order valence-corrected chi connectivity index (χ0v) is 12.0. The van der Waals surface area contributed by atoms with Crippen LogP contribution in [0.15, 0.2) is 36.5 Å². The Labute approximate surface area is 121 Å². The smallest absolute Gasteiger partial charge is 0.229 e. The minimum Gasteiger partial charge on any atom is -0.506 e. The van der Waals surface area contributed by atoms with Crippen LogP contribution in [0.5, 0.6) is 5.75 Å². The summed E-state index contributed by atoms with van der Waals surface area (Å²) in [7, 11) is -3.55. The van der Waals surface area contributed by atoms with Crippen molar-refractivity contribution in [1.82, 2.24) is 4.98 Å². The molecule has 6 nitrogen and oxygen atoms in total. The number of halogens is 1. The molecule has 0 aliphatic heterocycles. The number of nitrogens with zero attached hydrogens (tertiary/aromatic N) is 1. The number of benzene rings is 1. The van der Waals surface area contributed by atoms with Gasteiger partial charge < -0.3 is 10.4 Å². The molecule has 0 amide bonds. The van der Waals surface area contributed by atoms with Crippen LogP contribution in [0.1, 0.15) is 5.69 Å². The molecule has 1 aromatic carbocycles. The van der Waals surface area contributed by atoms with Gasteiger partial charge in [-0.3, -0.25) is 9.71 Å². The van der Waals surface area contributed by atoms with Gasteiger partial charge in [0.1, 0.15) is 11.6 Å². The second-order valence-corrected chi connectivity index (χ2v) is 6.18. The van der Waals surface area contributed by atoms with Crippen molar-refractivity contribution in [2.24, 2.45) is 0 Å². The van der Waals surface area contributed by atoms with Gasteiger partial charge in [-0.15, -0.1) is 0 Å². The first-order valence-corrected chi connectivity index (χ1v) is 7.88. The summed E-state index contributed by atoms with van der Waals surface area (Å²) < 4.78 is 37.9. The van der Waals surface area contributed by atoms with E-state index >= 15 is 0 Å². The molecule has 0 bridgehead atoms. The van der Waals surface area contributed by atoms with Crippen LogP contribution in [0.25, 0.3) is 0 Å². The number of hydrogen-bond acceptors (Lipinski definition) is 5. The van der Waals surface area contributed by atoms with Crippen LogP contribution in [0.4, 0.5) is 15.8 Å². The highest BCUT2D eigenvalue weighted by molar-refractivity contribution is 7.92. The van der Waals surface area contributed by atoms with E-state index in [4.69, 9.17) is 5.11 Å². The number of anilines is 2. The maximum atomic E-state index is 13.5. The van der Waals surface area contributed by atoms with Crippen molar-refractivity contribution in [3.63, 3.8) is 0 Å². The van der Waals surface area contributed by atoms with Gasteiger partial charge >= 0.3 is 0 Å². The summed E-state index contributed by atoms with van der Waals surface area (Å²) >= 11 is 0. The number of hydrogen-bond donors (Lipinski definition) is 3. The lowest BCUT2D eigenvalue weighted by atomic mass is 10.2. The third kappa shape index (κ3) is 4.60. The molecule has 2 rings (SSSR count). The SMILES string of the molecule is CS(=O)(=O)Nc1cc(NCc2ccc(O)cn2)ccc1F. The van der Waals surface area contributed by atoms with E-state index in [2.05, 4.69) is 15.0 Å². The van der Waals surface area contributed by atoms with Crippen molar-refractivity contribution in [2.75, 3.05) is 16.3 Å². The molecule has 2 aromatic rings. The number of nitrogens with one attached hydrogen (secondary N) is 2. The lowest BCUT2D eigenvalue weighted by Crippen LogP contribution is -2.11. The highest BCUT2D eigenvalue weighted by Gasteiger charge is 2.08. The average Bonchev–Trinajstić information content (AvgIpc) is 2.40. The Morgan fingerprint density at radius 3 is 2.67 bits per heavy atom. The first-order valence-electron chi connectivity index (χ1n) is 5.98. The molecule has 0 saturated carbocycles. The number of sulfonamides is 1. The minimum absolute atomic E-state index is 0.0696. The van der Waals surface area contributed by atoms with Gasteiger partial charge in [0.05, 0.1) is 30.4 Å². The third-order valence-corrected chi connectivity index (χ3v) is 3.14. The quantitative estimate of drug-likeness (QED) is 0.784. The Balaban J connectivity index is 2.10. The molecule has 21 heavy (non-hydrogen) atoms. The summed E-state index contributed by atoms with van der Waals surface area (Å²) in [5, 5.41) is 12.1. The minimum atomic E-state index is -3.55. The average molecular weight is 311 g/mol. The summed E-state index contributed by atoms with van der Waals surface area (Å²) in [6.07, 6.45) is 2.27. The molecule has 8 heteroatoms. The highest BCUT2D eigenvalue weighted by atomic mass is 32.2. The fraction of sp³-hybridized carbons (Fsp3) is 0.154. The Bertz CT molecular complexity index is 733. The second kappa shape index (κ2) is 5.96. The molecule has 0 atom stereocenters. The molecule has 0 unspecified atom stereocenters. The maximum absolute atomic E-state index is 13.5. The molecule has 1 heterocycles. The topological polar surface area (TPSA) is 91.3 Å². The van der Waals surface area contributed by atoms with Crippen molar-refractivity contribution in [3.05, 3.63) is 48.0 Å². The molecule has 0 aliphatic rings. The Morgan fingerprint density at radius 1 is 1.29 bits per heavy atom. The Hall–Kier alpha value is -2.35. The molecule has 0 spiro atoms. The van der Waals surface area contributed by atoms with Gasteiger partial charge in [0.2, 0.25) is 10.0 Å². The normalized spacial score (nSPS) is 11.1. The van der Waals surface area contributed by atoms with Crippen LogP contribution in [-0.2, 0) is 16.6 Å². The van der Waals surface area contributed by atoms with Crippen molar-refractivity contribution < 1.29 is 17.9 Å². The third-order valence-electron chi connectivity index (χ3n) is 2.54. The Kier molecular flexibility index (Phi) is 4.27. The molecule has 3 N–H and O–H groups in total.